The molecule has 2 aromatic rings. The number of anilines is 1. The lowest BCUT2D eigenvalue weighted by atomic mass is 10.1. The summed E-state index contributed by atoms with van der Waals surface area (Å²) < 4.78 is 32.1. The van der Waals surface area contributed by atoms with Crippen molar-refractivity contribution in [2.45, 2.75) is 11.4 Å². The molecule has 2 fully saturated rings. The minimum Gasteiger partial charge on any atom is -0.378 e. The zero-order valence-corrected chi connectivity index (χ0v) is 20.2. The summed E-state index contributed by atoms with van der Waals surface area (Å²) in [6.07, 6.45) is 0. The molecule has 1 aromatic carbocycles. The molecular weight excluding hydrogens is 448 g/mol. The van der Waals surface area contributed by atoms with Crippen molar-refractivity contribution in [3.63, 3.8) is 0 Å². The van der Waals surface area contributed by atoms with Crippen molar-refractivity contribution in [3.8, 4) is 0 Å². The maximum Gasteiger partial charge on any atom is 0.256 e. The van der Waals surface area contributed by atoms with Gasteiger partial charge in [-0.1, -0.05) is 6.07 Å². The summed E-state index contributed by atoms with van der Waals surface area (Å²) in [7, 11) is -0.638. The topological polar surface area (TPSA) is 73.4 Å². The van der Waals surface area contributed by atoms with Gasteiger partial charge in [0.05, 0.1) is 23.7 Å². The Hall–Kier alpha value is -1.98. The predicted octanol–water partition coefficient (Wildman–Crippen LogP) is 1.79. The molecule has 0 saturated carbocycles. The molecule has 1 aromatic heterocycles. The van der Waals surface area contributed by atoms with Crippen LogP contribution in [0.1, 0.15) is 15.2 Å². The highest BCUT2D eigenvalue weighted by atomic mass is 32.2. The molecule has 0 radical (unpaired) electrons. The highest BCUT2D eigenvalue weighted by Crippen LogP contribution is 2.28. The van der Waals surface area contributed by atoms with E-state index in [9.17, 15) is 13.2 Å². The minimum atomic E-state index is -3.64. The van der Waals surface area contributed by atoms with E-state index >= 15 is 0 Å². The van der Waals surface area contributed by atoms with Crippen molar-refractivity contribution >= 4 is 33.0 Å². The molecule has 32 heavy (non-hydrogen) atoms. The second kappa shape index (κ2) is 9.88. The molecule has 2 aliphatic rings. The second-order valence-corrected chi connectivity index (χ2v) is 11.4. The van der Waals surface area contributed by atoms with Gasteiger partial charge >= 0.3 is 0 Å². The average Bonchev–Trinajstić information content (AvgIpc) is 3.32. The van der Waals surface area contributed by atoms with Crippen LogP contribution < -0.4 is 4.90 Å². The molecule has 1 amide bonds. The number of hydrogen-bond acceptors (Lipinski definition) is 7. The normalized spacial score (nSPS) is 18.3. The number of morpholine rings is 1. The fraction of sp³-hybridized carbons (Fsp3) is 0.500. The van der Waals surface area contributed by atoms with E-state index in [1.807, 2.05) is 4.90 Å². The summed E-state index contributed by atoms with van der Waals surface area (Å²) in [5.41, 5.74) is 1.22. The van der Waals surface area contributed by atoms with Gasteiger partial charge in [0.15, 0.2) is 0 Å². The monoisotopic (exact) mass is 478 g/mol. The molecule has 0 N–H and O–H groups in total. The number of sulfonamides is 1. The number of nitrogens with zero attached hydrogens (tertiary/aromatic N) is 4. The van der Waals surface area contributed by atoms with Gasteiger partial charge in [0.1, 0.15) is 0 Å². The Kier molecular flexibility index (Phi) is 7.16. The summed E-state index contributed by atoms with van der Waals surface area (Å²) in [6.45, 7) is 6.27. The Balaban J connectivity index is 1.56. The summed E-state index contributed by atoms with van der Waals surface area (Å²) in [4.78, 5) is 21.3. The number of piperazine rings is 1. The highest BCUT2D eigenvalue weighted by molar-refractivity contribution is 7.89. The number of hydrogen-bond donors (Lipinski definition) is 0. The van der Waals surface area contributed by atoms with Gasteiger partial charge in [0.25, 0.3) is 5.91 Å². The van der Waals surface area contributed by atoms with E-state index in [0.717, 1.165) is 25.3 Å². The van der Waals surface area contributed by atoms with Crippen molar-refractivity contribution in [1.29, 1.82) is 0 Å². The first kappa shape index (κ1) is 23.2. The number of carbonyl (C=O) groups excluding carboxylic acids is 1. The third-order valence-electron chi connectivity index (χ3n) is 5.95. The van der Waals surface area contributed by atoms with E-state index in [4.69, 9.17) is 4.74 Å². The number of carbonyl (C=O) groups is 1. The average molecular weight is 479 g/mol. The van der Waals surface area contributed by atoms with E-state index < -0.39 is 10.0 Å². The van der Waals surface area contributed by atoms with Gasteiger partial charge < -0.3 is 14.5 Å². The molecule has 2 aliphatic heterocycles. The maximum absolute atomic E-state index is 13.6. The van der Waals surface area contributed by atoms with Crippen molar-refractivity contribution in [1.82, 2.24) is 14.1 Å². The summed E-state index contributed by atoms with van der Waals surface area (Å²) in [5.74, 6) is -0.113. The van der Waals surface area contributed by atoms with Crippen molar-refractivity contribution < 1.29 is 17.9 Å². The quantitative estimate of drug-likeness (QED) is 0.630. The van der Waals surface area contributed by atoms with Gasteiger partial charge in [-0.05, 0) is 29.6 Å². The zero-order chi connectivity index (χ0) is 22.7. The van der Waals surface area contributed by atoms with Crippen LogP contribution in [0.15, 0.2) is 40.6 Å². The SMILES string of the molecule is CN(C)S(=O)(=O)c1ccc(N2CCOCC2)c(C(=O)N2CCN(Cc3cccs3)CC2)c1. The Morgan fingerprint density at radius 3 is 2.41 bits per heavy atom. The number of amides is 1. The molecule has 0 unspecified atom stereocenters. The van der Waals surface area contributed by atoms with Gasteiger partial charge in [-0.3, -0.25) is 9.69 Å². The van der Waals surface area contributed by atoms with E-state index in [2.05, 4.69) is 27.3 Å². The smallest absolute Gasteiger partial charge is 0.256 e. The molecular formula is C22H30N4O4S2. The van der Waals surface area contributed by atoms with E-state index in [1.54, 1.807) is 29.5 Å². The van der Waals surface area contributed by atoms with E-state index in [1.165, 1.54) is 23.3 Å². The second-order valence-electron chi connectivity index (χ2n) is 8.21. The Bertz CT molecular complexity index is 1030. The summed E-state index contributed by atoms with van der Waals surface area (Å²) in [6, 6.07) is 9.09. The molecule has 0 spiro atoms. The standard InChI is InChI=1S/C22H30N4O4S2/c1-23(2)32(28,29)19-5-6-21(25-11-13-30-14-12-25)20(16-19)22(27)26-9-7-24(8-10-26)17-18-4-3-15-31-18/h3-6,15-16H,7-14,17H2,1-2H3. The van der Waals surface area contributed by atoms with Crippen LogP contribution in [-0.4, -0.2) is 95.0 Å². The van der Waals surface area contributed by atoms with E-state index in [0.29, 0.717) is 45.0 Å². The zero-order valence-electron chi connectivity index (χ0n) is 18.6. The van der Waals surface area contributed by atoms with Crippen molar-refractivity contribution in [3.05, 3.63) is 46.2 Å². The van der Waals surface area contributed by atoms with Gasteiger partial charge in [-0.15, -0.1) is 11.3 Å². The third-order valence-corrected chi connectivity index (χ3v) is 8.62. The highest BCUT2D eigenvalue weighted by Gasteiger charge is 2.28. The van der Waals surface area contributed by atoms with Crippen molar-refractivity contribution in [2.75, 3.05) is 71.5 Å². The third kappa shape index (κ3) is 4.99. The number of ether oxygens (including phenoxy) is 1. The first-order valence-electron chi connectivity index (χ1n) is 10.8. The van der Waals surface area contributed by atoms with Crippen LogP contribution in [0, 0.1) is 0 Å². The molecule has 0 atom stereocenters. The molecule has 174 valence electrons. The molecule has 0 bridgehead atoms. The van der Waals surface area contributed by atoms with Crippen LogP contribution in [0.2, 0.25) is 0 Å². The molecule has 3 heterocycles. The van der Waals surface area contributed by atoms with E-state index in [-0.39, 0.29) is 10.8 Å². The fourth-order valence-corrected chi connectivity index (χ4v) is 5.71. The number of benzene rings is 1. The molecule has 8 nitrogen and oxygen atoms in total. The van der Waals surface area contributed by atoms with Crippen LogP contribution >= 0.6 is 11.3 Å². The number of thiophene rings is 1. The minimum absolute atomic E-state index is 0.113. The lowest BCUT2D eigenvalue weighted by Crippen LogP contribution is -2.48. The Morgan fingerprint density at radius 1 is 1.06 bits per heavy atom. The largest absolute Gasteiger partial charge is 0.378 e. The lowest BCUT2D eigenvalue weighted by molar-refractivity contribution is 0.0629. The fourth-order valence-electron chi connectivity index (χ4n) is 4.04. The van der Waals surface area contributed by atoms with Crippen molar-refractivity contribution in [2.24, 2.45) is 0 Å². The maximum atomic E-state index is 13.6. The predicted molar refractivity (Wildman–Crippen MR) is 126 cm³/mol. The lowest BCUT2D eigenvalue weighted by Gasteiger charge is -2.36. The summed E-state index contributed by atoms with van der Waals surface area (Å²) in [5, 5.41) is 2.08. The molecule has 2 saturated heterocycles. The van der Waals surface area contributed by atoms with Gasteiger partial charge in [0.2, 0.25) is 10.0 Å². The van der Waals surface area contributed by atoms with Crippen LogP contribution in [0.5, 0.6) is 0 Å². The Morgan fingerprint density at radius 2 is 1.78 bits per heavy atom. The van der Waals surface area contributed by atoms with Crippen LogP contribution in [-0.2, 0) is 21.3 Å². The molecule has 10 heteroatoms. The van der Waals surface area contributed by atoms with Gasteiger partial charge in [-0.25, -0.2) is 12.7 Å². The van der Waals surface area contributed by atoms with Gasteiger partial charge in [0, 0.05) is 70.5 Å². The van der Waals surface area contributed by atoms with Crippen LogP contribution in [0.25, 0.3) is 0 Å². The first-order chi connectivity index (χ1) is 15.4. The van der Waals surface area contributed by atoms with Crippen LogP contribution in [0.3, 0.4) is 0 Å². The Labute approximate surface area is 194 Å². The molecule has 4 rings (SSSR count). The summed E-state index contributed by atoms with van der Waals surface area (Å²) >= 11 is 1.75. The first-order valence-corrected chi connectivity index (χ1v) is 13.1. The van der Waals surface area contributed by atoms with Gasteiger partial charge in [-0.2, -0.15) is 0 Å². The molecule has 0 aliphatic carbocycles. The van der Waals surface area contributed by atoms with Crippen LogP contribution in [0.4, 0.5) is 5.69 Å². The number of rotatable bonds is 6.